The minimum Gasteiger partial charge on any atom is -0.376 e. The van der Waals surface area contributed by atoms with Crippen LogP contribution in [0.5, 0.6) is 0 Å². The van der Waals surface area contributed by atoms with E-state index in [1.54, 1.807) is 16.2 Å². The second-order valence-corrected chi connectivity index (χ2v) is 6.91. The van der Waals surface area contributed by atoms with Gasteiger partial charge in [-0.15, -0.1) is 11.3 Å². The van der Waals surface area contributed by atoms with Crippen LogP contribution in [0, 0.1) is 0 Å². The molecule has 126 valence electrons. The zero-order valence-corrected chi connectivity index (χ0v) is 14.5. The lowest BCUT2D eigenvalue weighted by atomic mass is 10.2. The molecule has 24 heavy (non-hydrogen) atoms. The standard InChI is InChI=1S/C18H21N3O2S/c1-20(13-16-4-3-11-24-16)18(23)12-19-14-6-8-15(9-7-14)21-10-2-5-17(21)22/h3-4,6-9,11,19H,2,5,10,12-13H2,1H3. The summed E-state index contributed by atoms with van der Waals surface area (Å²) in [6.07, 6.45) is 1.55. The zero-order chi connectivity index (χ0) is 16.9. The highest BCUT2D eigenvalue weighted by Gasteiger charge is 2.21. The van der Waals surface area contributed by atoms with Crippen LogP contribution >= 0.6 is 11.3 Å². The van der Waals surface area contributed by atoms with Crippen LogP contribution in [0.4, 0.5) is 11.4 Å². The number of carbonyl (C=O) groups is 2. The van der Waals surface area contributed by atoms with E-state index in [1.165, 1.54) is 4.88 Å². The third kappa shape index (κ3) is 3.94. The number of rotatable bonds is 6. The molecule has 6 heteroatoms. The molecule has 0 saturated carbocycles. The first-order valence-corrected chi connectivity index (χ1v) is 8.92. The van der Waals surface area contributed by atoms with Gasteiger partial charge in [-0.2, -0.15) is 0 Å². The largest absolute Gasteiger partial charge is 0.376 e. The van der Waals surface area contributed by atoms with Crippen LogP contribution in [-0.4, -0.2) is 36.9 Å². The van der Waals surface area contributed by atoms with Gasteiger partial charge in [0.25, 0.3) is 0 Å². The van der Waals surface area contributed by atoms with Crippen molar-refractivity contribution in [2.24, 2.45) is 0 Å². The second-order valence-electron chi connectivity index (χ2n) is 5.88. The predicted molar refractivity (Wildman–Crippen MR) is 97.3 cm³/mol. The summed E-state index contributed by atoms with van der Waals surface area (Å²) >= 11 is 1.65. The molecule has 1 saturated heterocycles. The van der Waals surface area contributed by atoms with E-state index >= 15 is 0 Å². The Morgan fingerprint density at radius 1 is 1.29 bits per heavy atom. The van der Waals surface area contributed by atoms with Crippen molar-refractivity contribution in [3.8, 4) is 0 Å². The lowest BCUT2D eigenvalue weighted by Crippen LogP contribution is -2.31. The Morgan fingerprint density at radius 2 is 2.08 bits per heavy atom. The van der Waals surface area contributed by atoms with Gasteiger partial charge in [-0.25, -0.2) is 0 Å². The van der Waals surface area contributed by atoms with E-state index in [0.717, 1.165) is 24.3 Å². The summed E-state index contributed by atoms with van der Waals surface area (Å²) in [5, 5.41) is 5.16. The molecule has 0 radical (unpaired) electrons. The molecule has 0 aliphatic carbocycles. The fourth-order valence-electron chi connectivity index (χ4n) is 2.72. The summed E-state index contributed by atoms with van der Waals surface area (Å²) in [4.78, 5) is 28.6. The number of anilines is 2. The third-order valence-corrected chi connectivity index (χ3v) is 4.96. The highest BCUT2D eigenvalue weighted by molar-refractivity contribution is 7.09. The molecule has 0 unspecified atom stereocenters. The molecule has 1 aromatic carbocycles. The van der Waals surface area contributed by atoms with Gasteiger partial charge in [0.2, 0.25) is 11.8 Å². The quantitative estimate of drug-likeness (QED) is 0.877. The lowest BCUT2D eigenvalue weighted by Gasteiger charge is -2.18. The Kier molecular flexibility index (Phi) is 5.15. The molecule has 0 spiro atoms. The molecule has 1 aromatic heterocycles. The van der Waals surface area contributed by atoms with Crippen molar-refractivity contribution in [3.05, 3.63) is 46.7 Å². The summed E-state index contributed by atoms with van der Waals surface area (Å²) < 4.78 is 0. The monoisotopic (exact) mass is 343 g/mol. The molecule has 1 aliphatic rings. The van der Waals surface area contributed by atoms with Gasteiger partial charge in [0.05, 0.1) is 13.1 Å². The van der Waals surface area contributed by atoms with Crippen LogP contribution in [0.25, 0.3) is 0 Å². The predicted octanol–water partition coefficient (Wildman–Crippen LogP) is 2.95. The number of benzene rings is 1. The summed E-state index contributed by atoms with van der Waals surface area (Å²) in [6, 6.07) is 11.7. The van der Waals surface area contributed by atoms with Gasteiger partial charge >= 0.3 is 0 Å². The van der Waals surface area contributed by atoms with Gasteiger partial charge < -0.3 is 15.1 Å². The van der Waals surface area contributed by atoms with E-state index in [1.807, 2.05) is 53.7 Å². The smallest absolute Gasteiger partial charge is 0.241 e. The minimum absolute atomic E-state index is 0.0437. The maximum atomic E-state index is 12.2. The number of hydrogen-bond acceptors (Lipinski definition) is 4. The van der Waals surface area contributed by atoms with E-state index in [9.17, 15) is 9.59 Å². The molecule has 2 aromatic rings. The Hall–Kier alpha value is -2.34. The summed E-state index contributed by atoms with van der Waals surface area (Å²) in [7, 11) is 1.81. The molecule has 1 aliphatic heterocycles. The highest BCUT2D eigenvalue weighted by Crippen LogP contribution is 2.23. The van der Waals surface area contributed by atoms with E-state index in [0.29, 0.717) is 13.0 Å². The molecule has 2 amide bonds. The number of nitrogens with one attached hydrogen (secondary N) is 1. The molecule has 0 atom stereocenters. The molecular formula is C18H21N3O2S. The van der Waals surface area contributed by atoms with Crippen LogP contribution in [0.15, 0.2) is 41.8 Å². The molecule has 1 fully saturated rings. The van der Waals surface area contributed by atoms with Crippen molar-refractivity contribution in [2.45, 2.75) is 19.4 Å². The van der Waals surface area contributed by atoms with E-state index in [-0.39, 0.29) is 18.4 Å². The molecular weight excluding hydrogens is 322 g/mol. The van der Waals surface area contributed by atoms with Crippen LogP contribution in [0.3, 0.4) is 0 Å². The van der Waals surface area contributed by atoms with Crippen molar-refractivity contribution >= 4 is 34.5 Å². The van der Waals surface area contributed by atoms with Crippen LogP contribution in [0.1, 0.15) is 17.7 Å². The Morgan fingerprint density at radius 3 is 2.71 bits per heavy atom. The number of amides is 2. The van der Waals surface area contributed by atoms with Gasteiger partial charge in [0.1, 0.15) is 0 Å². The number of thiophene rings is 1. The van der Waals surface area contributed by atoms with Gasteiger partial charge in [-0.05, 0) is 42.1 Å². The maximum absolute atomic E-state index is 12.2. The molecule has 2 heterocycles. The van der Waals surface area contributed by atoms with Crippen molar-refractivity contribution in [3.63, 3.8) is 0 Å². The summed E-state index contributed by atoms with van der Waals surface area (Å²) in [5.74, 6) is 0.225. The average molecular weight is 343 g/mol. The first-order valence-electron chi connectivity index (χ1n) is 8.04. The van der Waals surface area contributed by atoms with Gasteiger partial charge in [0, 0.05) is 36.3 Å². The molecule has 0 bridgehead atoms. The first kappa shape index (κ1) is 16.5. The van der Waals surface area contributed by atoms with E-state index in [2.05, 4.69) is 5.32 Å². The fourth-order valence-corrected chi connectivity index (χ4v) is 3.47. The van der Waals surface area contributed by atoms with Crippen LogP contribution in [-0.2, 0) is 16.1 Å². The number of likely N-dealkylation sites (N-methyl/N-ethyl adjacent to an activating group) is 1. The van der Waals surface area contributed by atoms with Gasteiger partial charge in [-0.3, -0.25) is 9.59 Å². The van der Waals surface area contributed by atoms with Crippen LogP contribution in [0.2, 0.25) is 0 Å². The van der Waals surface area contributed by atoms with Crippen molar-refractivity contribution in [1.82, 2.24) is 4.90 Å². The number of carbonyl (C=O) groups excluding carboxylic acids is 2. The average Bonchev–Trinajstić information content (AvgIpc) is 3.24. The highest BCUT2D eigenvalue weighted by atomic mass is 32.1. The van der Waals surface area contributed by atoms with Gasteiger partial charge in [0.15, 0.2) is 0 Å². The Labute approximate surface area is 145 Å². The molecule has 5 nitrogen and oxygen atoms in total. The molecule has 3 rings (SSSR count). The Balaban J connectivity index is 1.51. The summed E-state index contributed by atoms with van der Waals surface area (Å²) in [5.41, 5.74) is 1.80. The van der Waals surface area contributed by atoms with Gasteiger partial charge in [-0.1, -0.05) is 6.07 Å². The Bertz CT molecular complexity index is 698. The normalized spacial score (nSPS) is 14.0. The maximum Gasteiger partial charge on any atom is 0.241 e. The SMILES string of the molecule is CN(Cc1cccs1)C(=O)CNc1ccc(N2CCCC2=O)cc1. The fraction of sp³-hybridized carbons (Fsp3) is 0.333. The zero-order valence-electron chi connectivity index (χ0n) is 13.7. The van der Waals surface area contributed by atoms with Crippen molar-refractivity contribution < 1.29 is 9.59 Å². The van der Waals surface area contributed by atoms with Crippen LogP contribution < -0.4 is 10.2 Å². The van der Waals surface area contributed by atoms with Crippen molar-refractivity contribution in [2.75, 3.05) is 30.4 Å². The lowest BCUT2D eigenvalue weighted by molar-refractivity contribution is -0.128. The van der Waals surface area contributed by atoms with E-state index in [4.69, 9.17) is 0 Å². The first-order chi connectivity index (χ1) is 11.6. The minimum atomic E-state index is 0.0437. The number of hydrogen-bond donors (Lipinski definition) is 1. The van der Waals surface area contributed by atoms with E-state index < -0.39 is 0 Å². The van der Waals surface area contributed by atoms with Crippen molar-refractivity contribution in [1.29, 1.82) is 0 Å². The molecule has 1 N–H and O–H groups in total. The summed E-state index contributed by atoms with van der Waals surface area (Å²) in [6.45, 7) is 1.68. The topological polar surface area (TPSA) is 52.7 Å². The number of nitrogens with zero attached hydrogens (tertiary/aromatic N) is 2. The second kappa shape index (κ2) is 7.49. The third-order valence-electron chi connectivity index (χ3n) is 4.09.